The lowest BCUT2D eigenvalue weighted by molar-refractivity contribution is 0.201. The minimum Gasteiger partial charge on any atom is -0.428 e. The predicted molar refractivity (Wildman–Crippen MR) is 80.8 cm³/mol. The Bertz CT molecular complexity index is 372. The van der Waals surface area contributed by atoms with Crippen LogP contribution in [-0.2, 0) is 3.07 Å². The topological polar surface area (TPSA) is 9.23 Å². The largest absolute Gasteiger partial charge is 0.428 e. The molecule has 0 unspecified atom stereocenters. The van der Waals surface area contributed by atoms with E-state index in [0.29, 0.717) is 5.41 Å². The summed E-state index contributed by atoms with van der Waals surface area (Å²) < 4.78 is 5.33. The van der Waals surface area contributed by atoms with Crippen molar-refractivity contribution in [2.24, 2.45) is 5.41 Å². The van der Waals surface area contributed by atoms with E-state index in [0.717, 1.165) is 12.2 Å². The molecule has 2 aliphatic rings. The number of hydrogen-bond acceptors (Lipinski definition) is 1. The van der Waals surface area contributed by atoms with Gasteiger partial charge in [-0.3, -0.25) is 0 Å². The lowest BCUT2D eigenvalue weighted by Gasteiger charge is -2.34. The highest BCUT2D eigenvalue weighted by molar-refractivity contribution is 14.1. The van der Waals surface area contributed by atoms with E-state index < -0.39 is 0 Å². The summed E-state index contributed by atoms with van der Waals surface area (Å²) in [6, 6.07) is 0. The van der Waals surface area contributed by atoms with Crippen molar-refractivity contribution < 1.29 is 3.07 Å². The van der Waals surface area contributed by atoms with E-state index in [9.17, 15) is 0 Å². The molecule has 0 aliphatic heterocycles. The van der Waals surface area contributed by atoms with Crippen molar-refractivity contribution in [1.29, 1.82) is 0 Å². The standard InChI is InChI=1S/C15H21IO/c1-11(2)13-9-15(7-5-4-6-8-15)10-14(13)12(3)17-16/h1,3-10H2,2H3. The van der Waals surface area contributed by atoms with Gasteiger partial charge in [-0.1, -0.05) is 38.0 Å². The highest BCUT2D eigenvalue weighted by Crippen LogP contribution is 2.54. The fraction of sp³-hybridized carbons (Fsp3) is 0.600. The molecule has 1 nitrogen and oxygen atoms in total. The van der Waals surface area contributed by atoms with Crippen LogP contribution in [0.15, 0.2) is 35.6 Å². The summed E-state index contributed by atoms with van der Waals surface area (Å²) >= 11 is 1.93. The third-order valence-corrected chi connectivity index (χ3v) is 4.86. The normalized spacial score (nSPS) is 22.9. The van der Waals surface area contributed by atoms with Gasteiger partial charge in [-0.05, 0) is 49.2 Å². The van der Waals surface area contributed by atoms with Crippen molar-refractivity contribution in [3.05, 3.63) is 35.6 Å². The van der Waals surface area contributed by atoms with Gasteiger partial charge in [-0.15, -0.1) is 0 Å². The van der Waals surface area contributed by atoms with Crippen LogP contribution >= 0.6 is 23.0 Å². The molecular formula is C15H21IO. The van der Waals surface area contributed by atoms with Gasteiger partial charge in [-0.25, -0.2) is 0 Å². The number of halogens is 1. The van der Waals surface area contributed by atoms with Crippen molar-refractivity contribution in [3.8, 4) is 0 Å². The molecule has 0 amide bonds. The van der Waals surface area contributed by atoms with Crippen molar-refractivity contribution >= 4 is 23.0 Å². The lowest BCUT2D eigenvalue weighted by Crippen LogP contribution is -2.21. The van der Waals surface area contributed by atoms with Gasteiger partial charge in [0, 0.05) is 0 Å². The molecule has 2 heteroatoms. The van der Waals surface area contributed by atoms with Gasteiger partial charge in [0.1, 0.15) is 5.76 Å². The maximum absolute atomic E-state index is 5.33. The molecule has 0 atom stereocenters. The van der Waals surface area contributed by atoms with Crippen LogP contribution in [0.2, 0.25) is 0 Å². The molecule has 0 bridgehead atoms. The highest BCUT2D eigenvalue weighted by atomic mass is 127. The van der Waals surface area contributed by atoms with Crippen LogP contribution in [0.4, 0.5) is 0 Å². The van der Waals surface area contributed by atoms with Crippen molar-refractivity contribution in [1.82, 2.24) is 0 Å². The van der Waals surface area contributed by atoms with Gasteiger partial charge in [0.15, 0.2) is 23.0 Å². The minimum absolute atomic E-state index is 0.500. The zero-order valence-corrected chi connectivity index (χ0v) is 12.8. The summed E-state index contributed by atoms with van der Waals surface area (Å²) in [5.41, 5.74) is 4.43. The number of hydrogen-bond donors (Lipinski definition) is 0. The SMILES string of the molecule is C=C(C)C1=C(C(=C)OI)CC2(CCCCC2)C1. The summed E-state index contributed by atoms with van der Waals surface area (Å²) in [6.45, 7) is 10.3. The van der Waals surface area contributed by atoms with Gasteiger partial charge in [0.05, 0.1) is 0 Å². The summed E-state index contributed by atoms with van der Waals surface area (Å²) in [6.07, 6.45) is 9.24. The van der Waals surface area contributed by atoms with Gasteiger partial charge in [0.25, 0.3) is 0 Å². The first-order valence-corrected chi connectivity index (χ1v) is 7.32. The Morgan fingerprint density at radius 2 is 1.71 bits per heavy atom. The molecule has 0 N–H and O–H groups in total. The Morgan fingerprint density at radius 1 is 1.12 bits per heavy atom. The van der Waals surface area contributed by atoms with Crippen LogP contribution in [0.5, 0.6) is 0 Å². The van der Waals surface area contributed by atoms with Crippen LogP contribution in [0.3, 0.4) is 0 Å². The molecule has 1 fully saturated rings. The number of allylic oxidation sites excluding steroid dienone is 3. The minimum atomic E-state index is 0.500. The van der Waals surface area contributed by atoms with E-state index in [2.05, 4.69) is 20.1 Å². The molecule has 0 aromatic rings. The highest BCUT2D eigenvalue weighted by Gasteiger charge is 2.40. The Balaban J connectivity index is 2.24. The zero-order valence-electron chi connectivity index (χ0n) is 10.7. The molecule has 0 aromatic heterocycles. The zero-order chi connectivity index (χ0) is 12.5. The molecule has 1 spiro atoms. The van der Waals surface area contributed by atoms with Gasteiger partial charge < -0.3 is 3.07 Å². The second kappa shape index (κ2) is 5.17. The van der Waals surface area contributed by atoms with Crippen LogP contribution in [0.1, 0.15) is 51.9 Å². The average molecular weight is 344 g/mol. The Hall–Kier alpha value is -0.250. The molecule has 2 rings (SSSR count). The van der Waals surface area contributed by atoms with Crippen molar-refractivity contribution in [2.75, 3.05) is 0 Å². The molecule has 94 valence electrons. The van der Waals surface area contributed by atoms with E-state index in [1.165, 1.54) is 55.2 Å². The van der Waals surface area contributed by atoms with Gasteiger partial charge in [0.2, 0.25) is 0 Å². The van der Waals surface area contributed by atoms with Gasteiger partial charge >= 0.3 is 0 Å². The maximum atomic E-state index is 5.33. The first-order valence-electron chi connectivity index (χ1n) is 6.44. The van der Waals surface area contributed by atoms with E-state index >= 15 is 0 Å². The fourth-order valence-corrected chi connectivity index (χ4v) is 3.67. The van der Waals surface area contributed by atoms with Crippen LogP contribution < -0.4 is 0 Å². The first-order chi connectivity index (χ1) is 8.08. The van der Waals surface area contributed by atoms with E-state index in [4.69, 9.17) is 3.07 Å². The lowest BCUT2D eigenvalue weighted by atomic mass is 9.71. The molecule has 0 aromatic carbocycles. The van der Waals surface area contributed by atoms with Crippen LogP contribution in [0, 0.1) is 5.41 Å². The first kappa shape index (κ1) is 13.2. The van der Waals surface area contributed by atoms with E-state index in [-0.39, 0.29) is 0 Å². The quantitative estimate of drug-likeness (QED) is 0.486. The second-order valence-electron chi connectivity index (χ2n) is 5.65. The third kappa shape index (κ3) is 2.61. The number of rotatable bonds is 3. The van der Waals surface area contributed by atoms with E-state index in [1.54, 1.807) is 0 Å². The van der Waals surface area contributed by atoms with E-state index in [1.807, 2.05) is 23.0 Å². The molecule has 0 saturated heterocycles. The average Bonchev–Trinajstić information content (AvgIpc) is 2.69. The molecule has 2 aliphatic carbocycles. The summed E-state index contributed by atoms with van der Waals surface area (Å²) in [5, 5.41) is 0. The molecule has 1 saturated carbocycles. The van der Waals surface area contributed by atoms with Crippen LogP contribution in [0.25, 0.3) is 0 Å². The summed E-state index contributed by atoms with van der Waals surface area (Å²) in [4.78, 5) is 0. The molecule has 17 heavy (non-hydrogen) atoms. The Labute approximate surface area is 119 Å². The summed E-state index contributed by atoms with van der Waals surface area (Å²) in [5.74, 6) is 0.839. The van der Waals surface area contributed by atoms with Crippen molar-refractivity contribution in [3.63, 3.8) is 0 Å². The molecule has 0 radical (unpaired) electrons. The second-order valence-corrected chi connectivity index (χ2v) is 6.09. The van der Waals surface area contributed by atoms with Crippen molar-refractivity contribution in [2.45, 2.75) is 51.9 Å². The third-order valence-electron chi connectivity index (χ3n) is 4.33. The Kier molecular flexibility index (Phi) is 4.01. The maximum Gasteiger partial charge on any atom is 0.192 e. The smallest absolute Gasteiger partial charge is 0.192 e. The molecule has 0 heterocycles. The monoisotopic (exact) mass is 344 g/mol. The Morgan fingerprint density at radius 3 is 2.24 bits per heavy atom. The fourth-order valence-electron chi connectivity index (χ4n) is 3.40. The molecular weight excluding hydrogens is 323 g/mol. The summed E-state index contributed by atoms with van der Waals surface area (Å²) in [7, 11) is 0. The van der Waals surface area contributed by atoms with Crippen LogP contribution in [-0.4, -0.2) is 0 Å². The van der Waals surface area contributed by atoms with Gasteiger partial charge in [-0.2, -0.15) is 0 Å². The predicted octanol–water partition coefficient (Wildman–Crippen LogP) is 5.48.